The van der Waals surface area contributed by atoms with Gasteiger partial charge in [0, 0.05) is 23.1 Å². The second kappa shape index (κ2) is 6.81. The van der Waals surface area contributed by atoms with Gasteiger partial charge in [-0.1, -0.05) is 27.5 Å². The van der Waals surface area contributed by atoms with Crippen LogP contribution >= 0.6 is 27.5 Å². The van der Waals surface area contributed by atoms with Gasteiger partial charge in [-0.2, -0.15) is 5.10 Å². The minimum atomic E-state index is 0.196. The predicted molar refractivity (Wildman–Crippen MR) is 88.9 cm³/mol. The highest BCUT2D eigenvalue weighted by atomic mass is 79.9. The maximum absolute atomic E-state index is 6.25. The summed E-state index contributed by atoms with van der Waals surface area (Å²) >= 11 is 9.75. The first kappa shape index (κ1) is 16.3. The van der Waals surface area contributed by atoms with Crippen LogP contribution < -0.4 is 10.1 Å². The summed E-state index contributed by atoms with van der Waals surface area (Å²) in [5.41, 5.74) is 2.79. The molecule has 1 aromatic heterocycles. The zero-order chi connectivity index (χ0) is 15.6. The van der Waals surface area contributed by atoms with Crippen LogP contribution in [-0.4, -0.2) is 16.8 Å². The predicted octanol–water partition coefficient (Wildman–Crippen LogP) is 4.00. The minimum Gasteiger partial charge on any atom is -0.487 e. The van der Waals surface area contributed by atoms with Crippen molar-refractivity contribution in [3.63, 3.8) is 0 Å². The van der Waals surface area contributed by atoms with Crippen molar-refractivity contribution < 1.29 is 4.74 Å². The summed E-state index contributed by atoms with van der Waals surface area (Å²) in [7, 11) is 3.80. The number of nitrogens with zero attached hydrogens (tertiary/aromatic N) is 2. The van der Waals surface area contributed by atoms with Gasteiger partial charge in [0.05, 0.1) is 16.4 Å². The summed E-state index contributed by atoms with van der Waals surface area (Å²) in [5.74, 6) is 0.843. The molecule has 1 heterocycles. The Morgan fingerprint density at radius 2 is 2.19 bits per heavy atom. The molecule has 0 amide bonds. The first-order chi connectivity index (χ1) is 9.93. The molecular weight excluding hydrogens is 354 g/mol. The summed E-state index contributed by atoms with van der Waals surface area (Å²) in [6, 6.07) is 6.19. The van der Waals surface area contributed by atoms with Crippen LogP contribution in [0.4, 0.5) is 0 Å². The molecule has 0 aliphatic heterocycles. The second-order valence-electron chi connectivity index (χ2n) is 4.95. The van der Waals surface area contributed by atoms with Crippen LogP contribution in [0.5, 0.6) is 5.75 Å². The van der Waals surface area contributed by atoms with Crippen LogP contribution in [0, 0.1) is 6.92 Å². The molecule has 21 heavy (non-hydrogen) atoms. The number of hydrogen-bond donors (Lipinski definition) is 1. The Labute approximate surface area is 138 Å². The molecule has 0 saturated carbocycles. The summed E-state index contributed by atoms with van der Waals surface area (Å²) < 4.78 is 8.76. The molecule has 0 aliphatic rings. The largest absolute Gasteiger partial charge is 0.487 e. The van der Waals surface area contributed by atoms with Gasteiger partial charge < -0.3 is 10.1 Å². The van der Waals surface area contributed by atoms with Crippen LogP contribution in [0.3, 0.4) is 0 Å². The second-order valence-corrected chi connectivity index (χ2v) is 6.24. The monoisotopic (exact) mass is 371 g/mol. The Kier molecular flexibility index (Phi) is 5.30. The molecule has 0 saturated heterocycles. The number of halogens is 2. The Hall–Kier alpha value is -1.04. The van der Waals surface area contributed by atoms with E-state index in [1.54, 1.807) is 4.68 Å². The molecule has 0 radical (unpaired) electrons. The fourth-order valence-electron chi connectivity index (χ4n) is 2.13. The molecule has 1 aromatic carbocycles. The van der Waals surface area contributed by atoms with Gasteiger partial charge in [0.2, 0.25) is 0 Å². The van der Waals surface area contributed by atoms with Gasteiger partial charge >= 0.3 is 0 Å². The van der Waals surface area contributed by atoms with Crippen molar-refractivity contribution in [1.82, 2.24) is 15.1 Å². The smallest absolute Gasteiger partial charge is 0.131 e. The molecule has 2 rings (SSSR count). The van der Waals surface area contributed by atoms with Crippen molar-refractivity contribution in [1.29, 1.82) is 0 Å². The highest BCUT2D eigenvalue weighted by Crippen LogP contribution is 2.30. The highest BCUT2D eigenvalue weighted by Gasteiger charge is 2.14. The van der Waals surface area contributed by atoms with Gasteiger partial charge in [-0.25, -0.2) is 0 Å². The van der Waals surface area contributed by atoms with Crippen molar-refractivity contribution in [3.8, 4) is 5.75 Å². The van der Waals surface area contributed by atoms with E-state index >= 15 is 0 Å². The number of ether oxygens (including phenoxy) is 1. The van der Waals surface area contributed by atoms with E-state index in [-0.39, 0.29) is 6.04 Å². The first-order valence-corrected chi connectivity index (χ1v) is 7.88. The molecule has 6 heteroatoms. The molecule has 0 bridgehead atoms. The zero-order valence-corrected chi connectivity index (χ0v) is 14.9. The van der Waals surface area contributed by atoms with Gasteiger partial charge in [0.1, 0.15) is 12.4 Å². The Balaban J connectivity index is 2.24. The zero-order valence-electron chi connectivity index (χ0n) is 12.6. The minimum absolute atomic E-state index is 0.196. The van der Waals surface area contributed by atoms with Crippen LogP contribution in [0.1, 0.15) is 29.9 Å². The molecule has 0 aliphatic carbocycles. The first-order valence-electron chi connectivity index (χ1n) is 6.71. The maximum atomic E-state index is 6.25. The molecule has 114 valence electrons. The van der Waals surface area contributed by atoms with E-state index in [9.17, 15) is 0 Å². The van der Waals surface area contributed by atoms with E-state index in [1.807, 2.05) is 33.2 Å². The number of nitrogens with one attached hydrogen (secondary N) is 1. The summed E-state index contributed by atoms with van der Waals surface area (Å²) in [6.45, 7) is 4.37. The summed E-state index contributed by atoms with van der Waals surface area (Å²) in [4.78, 5) is 0. The van der Waals surface area contributed by atoms with E-state index in [0.29, 0.717) is 11.6 Å². The standard InChI is InChI=1S/C15H19BrClN3O/c1-9(18-3)12-7-11(16)5-6-14(12)21-8-13-15(17)10(2)19-20(13)4/h5-7,9,18H,8H2,1-4H3. The van der Waals surface area contributed by atoms with Gasteiger partial charge in [0.25, 0.3) is 0 Å². The number of hydrogen-bond acceptors (Lipinski definition) is 3. The number of aromatic nitrogens is 2. The average Bonchev–Trinajstić information content (AvgIpc) is 2.70. The third kappa shape index (κ3) is 3.59. The molecule has 1 atom stereocenters. The highest BCUT2D eigenvalue weighted by molar-refractivity contribution is 9.10. The SMILES string of the molecule is CNC(C)c1cc(Br)ccc1OCc1c(Cl)c(C)nn1C. The van der Waals surface area contributed by atoms with E-state index in [2.05, 4.69) is 39.3 Å². The van der Waals surface area contributed by atoms with Crippen LogP contribution in [0.25, 0.3) is 0 Å². The fourth-order valence-corrected chi connectivity index (χ4v) is 2.72. The Morgan fingerprint density at radius 1 is 1.48 bits per heavy atom. The normalized spacial score (nSPS) is 12.5. The van der Waals surface area contributed by atoms with Gasteiger partial charge in [-0.05, 0) is 39.1 Å². The van der Waals surface area contributed by atoms with Crippen molar-refractivity contribution >= 4 is 27.5 Å². The number of benzene rings is 1. The molecular formula is C15H19BrClN3O. The molecule has 2 aromatic rings. The quantitative estimate of drug-likeness (QED) is 0.862. The molecule has 0 fully saturated rings. The third-order valence-electron chi connectivity index (χ3n) is 3.50. The van der Waals surface area contributed by atoms with E-state index in [0.717, 1.165) is 27.2 Å². The maximum Gasteiger partial charge on any atom is 0.131 e. The summed E-state index contributed by atoms with van der Waals surface area (Å²) in [5, 5.41) is 8.19. The van der Waals surface area contributed by atoms with Crippen LogP contribution in [-0.2, 0) is 13.7 Å². The lowest BCUT2D eigenvalue weighted by molar-refractivity contribution is 0.289. The average molecular weight is 373 g/mol. The lowest BCUT2D eigenvalue weighted by Gasteiger charge is -2.17. The molecule has 1 N–H and O–H groups in total. The third-order valence-corrected chi connectivity index (χ3v) is 4.48. The lowest BCUT2D eigenvalue weighted by atomic mass is 10.1. The van der Waals surface area contributed by atoms with Crippen LogP contribution in [0.15, 0.2) is 22.7 Å². The van der Waals surface area contributed by atoms with Crippen molar-refractivity contribution in [3.05, 3.63) is 44.6 Å². The van der Waals surface area contributed by atoms with E-state index in [1.165, 1.54) is 0 Å². The molecule has 4 nitrogen and oxygen atoms in total. The number of rotatable bonds is 5. The molecule has 0 spiro atoms. The van der Waals surface area contributed by atoms with Gasteiger partial charge in [-0.15, -0.1) is 0 Å². The molecule has 1 unspecified atom stereocenters. The van der Waals surface area contributed by atoms with Gasteiger partial charge in [0.15, 0.2) is 0 Å². The lowest BCUT2D eigenvalue weighted by Crippen LogP contribution is -2.14. The summed E-state index contributed by atoms with van der Waals surface area (Å²) in [6.07, 6.45) is 0. The van der Waals surface area contributed by atoms with Crippen molar-refractivity contribution in [2.45, 2.75) is 26.5 Å². The Bertz CT molecular complexity index is 642. The van der Waals surface area contributed by atoms with E-state index in [4.69, 9.17) is 16.3 Å². The van der Waals surface area contributed by atoms with Gasteiger partial charge in [-0.3, -0.25) is 4.68 Å². The number of aryl methyl sites for hydroxylation is 2. The Morgan fingerprint density at radius 3 is 2.76 bits per heavy atom. The van der Waals surface area contributed by atoms with Crippen molar-refractivity contribution in [2.75, 3.05) is 7.05 Å². The van der Waals surface area contributed by atoms with E-state index < -0.39 is 0 Å². The van der Waals surface area contributed by atoms with Crippen LogP contribution in [0.2, 0.25) is 5.02 Å². The van der Waals surface area contributed by atoms with Crippen molar-refractivity contribution in [2.24, 2.45) is 7.05 Å². The fraction of sp³-hybridized carbons (Fsp3) is 0.400. The topological polar surface area (TPSA) is 39.1 Å².